The third kappa shape index (κ3) is 5.63. The van der Waals surface area contributed by atoms with Gasteiger partial charge in [0.1, 0.15) is 11.2 Å². The molecule has 0 saturated carbocycles. The molecule has 0 aliphatic heterocycles. The molecular formula is C61H36N4O. The maximum atomic E-state index is 6.70. The van der Waals surface area contributed by atoms with Crippen LogP contribution in [-0.2, 0) is 0 Å². The Balaban J connectivity index is 1.14. The molecule has 0 N–H and O–H groups in total. The van der Waals surface area contributed by atoms with Gasteiger partial charge in [-0.2, -0.15) is 0 Å². The van der Waals surface area contributed by atoms with E-state index in [2.05, 4.69) is 205 Å². The number of benzene rings is 11. The van der Waals surface area contributed by atoms with E-state index in [1.54, 1.807) is 0 Å². The van der Waals surface area contributed by atoms with Gasteiger partial charge < -0.3 is 8.98 Å². The fourth-order valence-corrected chi connectivity index (χ4v) is 10.3. The van der Waals surface area contributed by atoms with E-state index in [0.717, 1.165) is 82.6 Å². The maximum Gasteiger partial charge on any atom is 0.166 e. The Bertz CT molecular complexity index is 4200. The second-order valence-corrected chi connectivity index (χ2v) is 17.1. The van der Waals surface area contributed by atoms with Crippen LogP contribution in [0, 0.1) is 0 Å². The van der Waals surface area contributed by atoms with Crippen LogP contribution in [0.4, 0.5) is 0 Å². The Morgan fingerprint density at radius 3 is 1.59 bits per heavy atom. The first kappa shape index (κ1) is 36.5. The topological polar surface area (TPSA) is 56.7 Å². The van der Waals surface area contributed by atoms with E-state index in [-0.39, 0.29) is 0 Å². The van der Waals surface area contributed by atoms with Crippen LogP contribution in [0.5, 0.6) is 0 Å². The van der Waals surface area contributed by atoms with Crippen LogP contribution in [0.15, 0.2) is 223 Å². The number of furan rings is 1. The molecule has 11 aromatic carbocycles. The average molecular weight is 841 g/mol. The molecule has 0 atom stereocenters. The van der Waals surface area contributed by atoms with Gasteiger partial charge >= 0.3 is 0 Å². The summed E-state index contributed by atoms with van der Waals surface area (Å²) in [5.74, 6) is 1.73. The molecule has 0 saturated heterocycles. The van der Waals surface area contributed by atoms with E-state index in [1.165, 1.54) is 37.7 Å². The van der Waals surface area contributed by atoms with E-state index in [0.29, 0.717) is 17.5 Å². The monoisotopic (exact) mass is 840 g/mol. The first-order chi connectivity index (χ1) is 32.7. The Hall–Kier alpha value is -8.93. The van der Waals surface area contributed by atoms with Crippen LogP contribution in [-0.4, -0.2) is 19.5 Å². The Morgan fingerprint density at radius 1 is 0.318 bits per heavy atom. The fraction of sp³-hybridized carbons (Fsp3) is 0. The smallest absolute Gasteiger partial charge is 0.166 e. The Labute approximate surface area is 378 Å². The molecule has 0 aliphatic carbocycles. The number of hydrogen-bond donors (Lipinski definition) is 0. The number of fused-ring (bicyclic) bond motifs is 11. The molecule has 5 heteroatoms. The molecule has 3 heterocycles. The van der Waals surface area contributed by atoms with E-state index >= 15 is 0 Å². The van der Waals surface area contributed by atoms with Gasteiger partial charge in [0.05, 0.1) is 22.3 Å². The van der Waals surface area contributed by atoms with Crippen LogP contribution in [0.3, 0.4) is 0 Å². The van der Waals surface area contributed by atoms with Crippen molar-refractivity contribution in [1.29, 1.82) is 0 Å². The summed E-state index contributed by atoms with van der Waals surface area (Å²) in [6.07, 6.45) is 0. The van der Waals surface area contributed by atoms with Gasteiger partial charge in [0.25, 0.3) is 0 Å². The molecule has 0 unspecified atom stereocenters. The molecule has 0 bridgehead atoms. The highest BCUT2D eigenvalue weighted by molar-refractivity contribution is 6.19. The molecule has 0 spiro atoms. The summed E-state index contributed by atoms with van der Waals surface area (Å²) in [6.45, 7) is 0. The van der Waals surface area contributed by atoms with E-state index in [9.17, 15) is 0 Å². The highest BCUT2D eigenvalue weighted by Crippen LogP contribution is 2.45. The largest absolute Gasteiger partial charge is 0.456 e. The predicted octanol–water partition coefficient (Wildman–Crippen LogP) is 16.1. The third-order valence-corrected chi connectivity index (χ3v) is 13.4. The van der Waals surface area contributed by atoms with Gasteiger partial charge in [-0.15, -0.1) is 0 Å². The molecule has 14 aromatic rings. The summed E-state index contributed by atoms with van der Waals surface area (Å²) < 4.78 is 9.12. The molecule has 5 nitrogen and oxygen atoms in total. The van der Waals surface area contributed by atoms with Crippen molar-refractivity contribution in [3.05, 3.63) is 218 Å². The first-order valence-corrected chi connectivity index (χ1v) is 22.3. The highest BCUT2D eigenvalue weighted by atomic mass is 16.3. The second-order valence-electron chi connectivity index (χ2n) is 17.1. The molecule has 306 valence electrons. The molecule has 14 rings (SSSR count). The first-order valence-electron chi connectivity index (χ1n) is 22.3. The molecule has 0 fully saturated rings. The minimum Gasteiger partial charge on any atom is -0.456 e. The molecule has 0 aliphatic rings. The average Bonchev–Trinajstić information content (AvgIpc) is 3.91. The number of hydrogen-bond acceptors (Lipinski definition) is 4. The second kappa shape index (κ2) is 14.3. The zero-order valence-electron chi connectivity index (χ0n) is 35.5. The number of aromatic nitrogens is 4. The standard InChI is InChI=1S/C61H36N4O/c1-2-15-37(16-3-1)38-22-14-23-44(31-38)59-62-60(51-34-43-21-8-9-24-45(43)46-25-10-11-26-47(46)51)64-61(63-59)58-52(29-30-56-57(58)48-27-12-13-28-55(48)66-56)65-53-35-41-19-6-4-17-39(41)32-49(53)50-33-40-18-5-7-20-42(40)36-54(50)65/h1-36H. The molecule has 0 radical (unpaired) electrons. The van der Waals surface area contributed by atoms with Gasteiger partial charge in [-0.3, -0.25) is 0 Å². The molecule has 66 heavy (non-hydrogen) atoms. The summed E-state index contributed by atoms with van der Waals surface area (Å²) in [5, 5.41) is 13.5. The van der Waals surface area contributed by atoms with Crippen LogP contribution in [0.25, 0.3) is 138 Å². The number of nitrogens with zero attached hydrogens (tertiary/aromatic N) is 4. The number of rotatable bonds is 5. The summed E-state index contributed by atoms with van der Waals surface area (Å²) >= 11 is 0. The van der Waals surface area contributed by atoms with Gasteiger partial charge in [0.2, 0.25) is 0 Å². The quantitative estimate of drug-likeness (QED) is 0.162. The molecular weight excluding hydrogens is 805 g/mol. The van der Waals surface area contributed by atoms with Crippen molar-refractivity contribution in [3.8, 4) is 51.0 Å². The lowest BCUT2D eigenvalue weighted by Crippen LogP contribution is -2.04. The predicted molar refractivity (Wildman–Crippen MR) is 273 cm³/mol. The Morgan fingerprint density at radius 2 is 0.864 bits per heavy atom. The molecule has 0 amide bonds. The lowest BCUT2D eigenvalue weighted by Gasteiger charge is -2.17. The van der Waals surface area contributed by atoms with Crippen molar-refractivity contribution in [1.82, 2.24) is 19.5 Å². The zero-order chi connectivity index (χ0) is 43.3. The zero-order valence-corrected chi connectivity index (χ0v) is 35.5. The summed E-state index contributed by atoms with van der Waals surface area (Å²) in [6, 6.07) is 77.5. The summed E-state index contributed by atoms with van der Waals surface area (Å²) in [7, 11) is 0. The van der Waals surface area contributed by atoms with E-state index < -0.39 is 0 Å². The molecule has 3 aromatic heterocycles. The third-order valence-electron chi connectivity index (χ3n) is 13.4. The Kier molecular flexibility index (Phi) is 7.91. The van der Waals surface area contributed by atoms with Crippen LogP contribution >= 0.6 is 0 Å². The van der Waals surface area contributed by atoms with Crippen molar-refractivity contribution in [2.75, 3.05) is 0 Å². The van der Waals surface area contributed by atoms with Gasteiger partial charge in [0.15, 0.2) is 17.5 Å². The van der Waals surface area contributed by atoms with Crippen molar-refractivity contribution in [2.45, 2.75) is 0 Å². The van der Waals surface area contributed by atoms with Crippen LogP contribution in [0.1, 0.15) is 0 Å². The van der Waals surface area contributed by atoms with Crippen molar-refractivity contribution in [3.63, 3.8) is 0 Å². The van der Waals surface area contributed by atoms with Crippen molar-refractivity contribution in [2.24, 2.45) is 0 Å². The van der Waals surface area contributed by atoms with Gasteiger partial charge in [-0.05, 0) is 109 Å². The van der Waals surface area contributed by atoms with Crippen molar-refractivity contribution < 1.29 is 4.42 Å². The lowest BCUT2D eigenvalue weighted by molar-refractivity contribution is 0.669. The van der Waals surface area contributed by atoms with Gasteiger partial charge in [-0.1, -0.05) is 164 Å². The lowest BCUT2D eigenvalue weighted by atomic mass is 9.96. The van der Waals surface area contributed by atoms with Gasteiger partial charge in [0, 0.05) is 32.7 Å². The fourth-order valence-electron chi connectivity index (χ4n) is 10.3. The minimum atomic E-state index is 0.557. The summed E-state index contributed by atoms with van der Waals surface area (Å²) in [5.41, 5.74) is 9.61. The van der Waals surface area contributed by atoms with Gasteiger partial charge in [-0.25, -0.2) is 15.0 Å². The summed E-state index contributed by atoms with van der Waals surface area (Å²) in [4.78, 5) is 16.6. The number of para-hydroxylation sites is 1. The van der Waals surface area contributed by atoms with E-state index in [4.69, 9.17) is 19.4 Å². The maximum absolute atomic E-state index is 6.70. The van der Waals surface area contributed by atoms with E-state index in [1.807, 2.05) is 18.2 Å². The highest BCUT2D eigenvalue weighted by Gasteiger charge is 2.25. The minimum absolute atomic E-state index is 0.557. The normalized spacial score (nSPS) is 11.9. The SMILES string of the molecule is c1ccc(-c2cccc(-c3nc(-c4cc5ccccc5c5ccccc45)nc(-c4c(-n5c6cc7ccccc7cc6c6cc7ccccc7cc65)ccc5oc6ccccc6c45)n3)c2)cc1. The van der Waals surface area contributed by atoms with Crippen LogP contribution < -0.4 is 0 Å². The van der Waals surface area contributed by atoms with Crippen molar-refractivity contribution >= 4 is 86.8 Å². The van der Waals surface area contributed by atoms with Crippen LogP contribution in [0.2, 0.25) is 0 Å².